The molecule has 0 aliphatic heterocycles. The molecule has 0 aromatic heterocycles. The second-order valence-electron chi connectivity index (χ2n) is 6.19. The van der Waals surface area contributed by atoms with Crippen molar-refractivity contribution in [2.75, 3.05) is 12.0 Å². The van der Waals surface area contributed by atoms with E-state index in [2.05, 4.69) is 0 Å². The minimum Gasteiger partial charge on any atom is -0.336 e. The number of hydrogen-bond donors (Lipinski definition) is 1. The summed E-state index contributed by atoms with van der Waals surface area (Å²) >= 11 is 0. The van der Waals surface area contributed by atoms with Gasteiger partial charge in [0.05, 0.1) is 5.75 Å². The van der Waals surface area contributed by atoms with Gasteiger partial charge in [-0.1, -0.05) is 30.3 Å². The highest BCUT2D eigenvalue weighted by Crippen LogP contribution is 2.30. The Bertz CT molecular complexity index is 612. The Hall–Kier alpha value is -1.40. The van der Waals surface area contributed by atoms with Crippen molar-refractivity contribution in [1.29, 1.82) is 0 Å². The quantitative estimate of drug-likeness (QED) is 0.824. The highest BCUT2D eigenvalue weighted by Gasteiger charge is 2.37. The van der Waals surface area contributed by atoms with Crippen LogP contribution in [0, 0.1) is 0 Å². The molecule has 1 saturated carbocycles. The Labute approximate surface area is 132 Å². The first-order valence-corrected chi connectivity index (χ1v) is 9.63. The second kappa shape index (κ2) is 6.79. The van der Waals surface area contributed by atoms with Crippen molar-refractivity contribution in [2.45, 2.75) is 44.3 Å². The van der Waals surface area contributed by atoms with Crippen molar-refractivity contribution in [2.24, 2.45) is 5.73 Å². The van der Waals surface area contributed by atoms with Gasteiger partial charge >= 0.3 is 0 Å². The average Bonchev–Trinajstić information content (AvgIpc) is 3.22. The standard InChI is InChI=1S/C16H24N2O3S/c1-12(11-22(2,20)21)18(14-8-9-14)16(19)10-15(17)13-6-4-3-5-7-13/h3-7,12,14-15H,8-11,17H2,1-2H3. The second-order valence-corrected chi connectivity index (χ2v) is 8.38. The Morgan fingerprint density at radius 3 is 2.41 bits per heavy atom. The fourth-order valence-electron chi connectivity index (χ4n) is 2.79. The van der Waals surface area contributed by atoms with E-state index in [4.69, 9.17) is 5.73 Å². The van der Waals surface area contributed by atoms with Crippen molar-refractivity contribution in [1.82, 2.24) is 4.90 Å². The number of carbonyl (C=O) groups excluding carboxylic acids is 1. The molecule has 0 spiro atoms. The van der Waals surface area contributed by atoms with E-state index in [1.807, 2.05) is 30.3 Å². The molecule has 0 saturated heterocycles. The maximum absolute atomic E-state index is 12.6. The minimum atomic E-state index is -3.11. The fourth-order valence-corrected chi connectivity index (χ4v) is 3.83. The molecule has 0 bridgehead atoms. The smallest absolute Gasteiger partial charge is 0.224 e. The van der Waals surface area contributed by atoms with Gasteiger partial charge < -0.3 is 10.6 Å². The van der Waals surface area contributed by atoms with Crippen LogP contribution in [0.1, 0.15) is 37.8 Å². The third-order valence-electron chi connectivity index (χ3n) is 3.87. The Morgan fingerprint density at radius 1 is 1.32 bits per heavy atom. The third-order valence-corrected chi connectivity index (χ3v) is 4.96. The molecule has 2 N–H and O–H groups in total. The van der Waals surface area contributed by atoms with Crippen LogP contribution >= 0.6 is 0 Å². The summed E-state index contributed by atoms with van der Waals surface area (Å²) < 4.78 is 23.0. The summed E-state index contributed by atoms with van der Waals surface area (Å²) in [7, 11) is -3.11. The number of amides is 1. The van der Waals surface area contributed by atoms with E-state index in [1.54, 1.807) is 11.8 Å². The van der Waals surface area contributed by atoms with Gasteiger partial charge in [0, 0.05) is 30.8 Å². The van der Waals surface area contributed by atoms with Crippen LogP contribution in [0.4, 0.5) is 0 Å². The molecule has 5 nitrogen and oxygen atoms in total. The minimum absolute atomic E-state index is 0.00415. The predicted molar refractivity (Wildman–Crippen MR) is 87.0 cm³/mol. The fraction of sp³-hybridized carbons (Fsp3) is 0.562. The molecule has 1 aromatic carbocycles. The van der Waals surface area contributed by atoms with Crippen LogP contribution < -0.4 is 5.73 Å². The number of sulfone groups is 1. The molecule has 22 heavy (non-hydrogen) atoms. The van der Waals surface area contributed by atoms with Gasteiger partial charge in [-0.3, -0.25) is 4.79 Å². The van der Waals surface area contributed by atoms with E-state index in [1.165, 1.54) is 6.26 Å². The maximum atomic E-state index is 12.6. The molecule has 1 amide bonds. The Morgan fingerprint density at radius 2 is 1.91 bits per heavy atom. The molecular weight excluding hydrogens is 300 g/mol. The van der Waals surface area contributed by atoms with Gasteiger partial charge in [0.15, 0.2) is 0 Å². The summed E-state index contributed by atoms with van der Waals surface area (Å²) in [5.74, 6) is -0.0643. The monoisotopic (exact) mass is 324 g/mol. The summed E-state index contributed by atoms with van der Waals surface area (Å²) in [4.78, 5) is 14.3. The van der Waals surface area contributed by atoms with Crippen molar-refractivity contribution in [3.63, 3.8) is 0 Å². The summed E-state index contributed by atoms with van der Waals surface area (Å²) in [6.45, 7) is 1.80. The first-order chi connectivity index (χ1) is 10.3. The Kier molecular flexibility index (Phi) is 5.24. The molecule has 122 valence electrons. The van der Waals surface area contributed by atoms with Crippen molar-refractivity contribution in [3.8, 4) is 0 Å². The lowest BCUT2D eigenvalue weighted by molar-refractivity contribution is -0.133. The van der Waals surface area contributed by atoms with Crippen molar-refractivity contribution in [3.05, 3.63) is 35.9 Å². The van der Waals surface area contributed by atoms with Crippen LogP contribution in [-0.2, 0) is 14.6 Å². The summed E-state index contributed by atoms with van der Waals surface area (Å²) in [6.07, 6.45) is 3.30. The van der Waals surface area contributed by atoms with Crippen LogP contribution in [0.2, 0.25) is 0 Å². The van der Waals surface area contributed by atoms with Crippen LogP contribution in [-0.4, -0.2) is 43.3 Å². The van der Waals surface area contributed by atoms with E-state index in [9.17, 15) is 13.2 Å². The van der Waals surface area contributed by atoms with E-state index >= 15 is 0 Å². The largest absolute Gasteiger partial charge is 0.336 e. The molecule has 6 heteroatoms. The number of nitrogens with zero attached hydrogens (tertiary/aromatic N) is 1. The summed E-state index contributed by atoms with van der Waals surface area (Å²) in [5.41, 5.74) is 7.03. The molecule has 0 heterocycles. The van der Waals surface area contributed by atoms with E-state index in [0.29, 0.717) is 0 Å². The molecule has 2 unspecified atom stereocenters. The lowest BCUT2D eigenvalue weighted by atomic mass is 10.0. The lowest BCUT2D eigenvalue weighted by Crippen LogP contribution is -2.44. The molecule has 0 radical (unpaired) electrons. The zero-order valence-corrected chi connectivity index (χ0v) is 13.9. The molecular formula is C16H24N2O3S. The predicted octanol–water partition coefficient (Wildman–Crippen LogP) is 1.50. The van der Waals surface area contributed by atoms with Crippen LogP contribution in [0.25, 0.3) is 0 Å². The van der Waals surface area contributed by atoms with Gasteiger partial charge in [-0.05, 0) is 25.3 Å². The zero-order chi connectivity index (χ0) is 16.3. The van der Waals surface area contributed by atoms with E-state index in [0.717, 1.165) is 18.4 Å². The lowest BCUT2D eigenvalue weighted by Gasteiger charge is -2.30. The number of rotatable bonds is 7. The molecule has 1 aliphatic carbocycles. The third kappa shape index (κ3) is 4.81. The van der Waals surface area contributed by atoms with Crippen LogP contribution in [0.15, 0.2) is 30.3 Å². The summed E-state index contributed by atoms with van der Waals surface area (Å²) in [5, 5.41) is 0. The zero-order valence-electron chi connectivity index (χ0n) is 13.1. The molecule has 1 fully saturated rings. The molecule has 1 aliphatic rings. The Balaban J connectivity index is 2.04. The number of nitrogens with two attached hydrogens (primary N) is 1. The van der Waals surface area contributed by atoms with Gasteiger partial charge in [0.25, 0.3) is 0 Å². The average molecular weight is 324 g/mol. The molecule has 2 rings (SSSR count). The van der Waals surface area contributed by atoms with E-state index in [-0.39, 0.29) is 36.2 Å². The van der Waals surface area contributed by atoms with Gasteiger partial charge in [-0.15, -0.1) is 0 Å². The van der Waals surface area contributed by atoms with Crippen LogP contribution in [0.3, 0.4) is 0 Å². The maximum Gasteiger partial charge on any atom is 0.224 e. The van der Waals surface area contributed by atoms with Gasteiger partial charge in [-0.2, -0.15) is 0 Å². The first-order valence-electron chi connectivity index (χ1n) is 7.57. The number of benzene rings is 1. The van der Waals surface area contributed by atoms with E-state index < -0.39 is 9.84 Å². The van der Waals surface area contributed by atoms with Crippen molar-refractivity contribution < 1.29 is 13.2 Å². The topological polar surface area (TPSA) is 80.5 Å². The normalized spacial score (nSPS) is 17.8. The van der Waals surface area contributed by atoms with Gasteiger partial charge in [0.1, 0.15) is 9.84 Å². The van der Waals surface area contributed by atoms with Gasteiger partial charge in [0.2, 0.25) is 5.91 Å². The highest BCUT2D eigenvalue weighted by molar-refractivity contribution is 7.90. The molecule has 1 aromatic rings. The highest BCUT2D eigenvalue weighted by atomic mass is 32.2. The molecule has 2 atom stereocenters. The summed E-state index contributed by atoms with van der Waals surface area (Å²) in [6, 6.07) is 9.00. The number of hydrogen-bond acceptors (Lipinski definition) is 4. The number of carbonyl (C=O) groups is 1. The van der Waals surface area contributed by atoms with Crippen LogP contribution in [0.5, 0.6) is 0 Å². The van der Waals surface area contributed by atoms with Crippen molar-refractivity contribution >= 4 is 15.7 Å². The SMILES string of the molecule is CC(CS(C)(=O)=O)N(C(=O)CC(N)c1ccccc1)C1CC1. The first kappa shape index (κ1) is 17.0. The van der Waals surface area contributed by atoms with Gasteiger partial charge in [-0.25, -0.2) is 8.42 Å².